The number of fused-ring (bicyclic) bond motifs is 2. The Morgan fingerprint density at radius 1 is 1.23 bits per heavy atom. The van der Waals surface area contributed by atoms with Gasteiger partial charge in [0.05, 0.1) is 25.0 Å². The number of imidazole rings is 1. The molecule has 2 N–H and O–H groups in total. The number of amides is 2. The summed E-state index contributed by atoms with van der Waals surface area (Å²) in [6.45, 7) is 6.65. The van der Waals surface area contributed by atoms with E-state index >= 15 is 0 Å². The number of hydrogen-bond acceptors (Lipinski definition) is 7. The molecule has 0 bridgehead atoms. The largest absolute Gasteiger partial charge is 0.484 e. The van der Waals surface area contributed by atoms with Crippen molar-refractivity contribution in [3.63, 3.8) is 0 Å². The maximum Gasteiger partial charge on any atom is 0.412 e. The maximum absolute atomic E-state index is 13.8. The first-order valence-corrected chi connectivity index (χ1v) is 12.4. The Hall–Kier alpha value is -3.80. The smallest absolute Gasteiger partial charge is 0.412 e. The van der Waals surface area contributed by atoms with Gasteiger partial charge in [0.15, 0.2) is 5.03 Å². The molecule has 186 valence electrons. The molecule has 0 radical (unpaired) electrons. The average molecular weight is 502 g/mol. The molecule has 1 aromatic carbocycles. The van der Waals surface area contributed by atoms with Gasteiger partial charge in [-0.1, -0.05) is 6.07 Å². The van der Waals surface area contributed by atoms with Gasteiger partial charge in [-0.2, -0.15) is 8.42 Å². The van der Waals surface area contributed by atoms with E-state index in [4.69, 9.17) is 9.47 Å². The minimum Gasteiger partial charge on any atom is -0.484 e. The summed E-state index contributed by atoms with van der Waals surface area (Å²) in [5.74, 6) is 0.0335. The van der Waals surface area contributed by atoms with Crippen LogP contribution in [0.15, 0.2) is 53.8 Å². The number of pyridine rings is 1. The molecule has 0 fully saturated rings. The fourth-order valence-electron chi connectivity index (χ4n) is 3.62. The average Bonchev–Trinajstić information content (AvgIpc) is 3.21. The van der Waals surface area contributed by atoms with E-state index in [2.05, 4.69) is 15.6 Å². The van der Waals surface area contributed by atoms with Gasteiger partial charge in [-0.05, 0) is 51.1 Å². The molecule has 1 aliphatic heterocycles. The van der Waals surface area contributed by atoms with Crippen LogP contribution >= 0.6 is 0 Å². The number of carbonyl (C=O) groups excluding carboxylic acids is 2. The lowest BCUT2D eigenvalue weighted by molar-refractivity contribution is -0.119. The zero-order valence-electron chi connectivity index (χ0n) is 19.8. The number of nitrogens with one attached hydrogen (secondary N) is 2. The van der Waals surface area contributed by atoms with Gasteiger partial charge in [0.25, 0.3) is 10.0 Å². The molecule has 3 aromatic rings. The zero-order chi connectivity index (χ0) is 25.4. The molecule has 11 nitrogen and oxygen atoms in total. The van der Waals surface area contributed by atoms with Gasteiger partial charge in [-0.25, -0.2) is 9.78 Å². The molecule has 0 aliphatic carbocycles. The third-order valence-electron chi connectivity index (χ3n) is 5.05. The van der Waals surface area contributed by atoms with Crippen molar-refractivity contribution in [3.8, 4) is 5.75 Å². The van der Waals surface area contributed by atoms with Crippen LogP contribution in [0.3, 0.4) is 0 Å². The van der Waals surface area contributed by atoms with Crippen molar-refractivity contribution in [3.05, 3.63) is 48.8 Å². The van der Waals surface area contributed by atoms with Crippen LogP contribution in [0.5, 0.6) is 5.75 Å². The highest BCUT2D eigenvalue weighted by atomic mass is 32.2. The van der Waals surface area contributed by atoms with E-state index in [1.807, 2.05) is 0 Å². The number of anilines is 2. The Bertz CT molecular complexity index is 1380. The van der Waals surface area contributed by atoms with Crippen LogP contribution in [0.2, 0.25) is 0 Å². The second-order valence-electron chi connectivity index (χ2n) is 9.05. The van der Waals surface area contributed by atoms with Crippen LogP contribution in [0.1, 0.15) is 27.7 Å². The van der Waals surface area contributed by atoms with E-state index < -0.39 is 27.8 Å². The first-order chi connectivity index (χ1) is 16.4. The third-order valence-corrected chi connectivity index (χ3v) is 6.81. The Balaban J connectivity index is 1.73. The van der Waals surface area contributed by atoms with E-state index in [-0.39, 0.29) is 29.7 Å². The second-order valence-corrected chi connectivity index (χ2v) is 10.9. The first kappa shape index (κ1) is 24.3. The predicted octanol–water partition coefficient (Wildman–Crippen LogP) is 2.77. The number of benzene rings is 1. The van der Waals surface area contributed by atoms with Gasteiger partial charge in [0, 0.05) is 18.8 Å². The Morgan fingerprint density at radius 2 is 2.00 bits per heavy atom. The number of sulfonamides is 1. The highest BCUT2D eigenvalue weighted by Crippen LogP contribution is 2.39. The van der Waals surface area contributed by atoms with E-state index in [0.29, 0.717) is 17.1 Å². The fourth-order valence-corrected chi connectivity index (χ4v) is 5.19. The van der Waals surface area contributed by atoms with Crippen molar-refractivity contribution < 1.29 is 27.5 Å². The second kappa shape index (κ2) is 9.10. The van der Waals surface area contributed by atoms with Crippen LogP contribution in [0, 0.1) is 0 Å². The molecule has 1 atom stereocenters. The molecule has 0 saturated carbocycles. The number of rotatable bonds is 5. The summed E-state index contributed by atoms with van der Waals surface area (Å²) >= 11 is 0. The molecular weight excluding hydrogens is 474 g/mol. The summed E-state index contributed by atoms with van der Waals surface area (Å²) in [4.78, 5) is 27.9. The van der Waals surface area contributed by atoms with Gasteiger partial charge in [0.1, 0.15) is 23.1 Å². The highest BCUT2D eigenvalue weighted by Gasteiger charge is 2.36. The quantitative estimate of drug-likeness (QED) is 0.550. The van der Waals surface area contributed by atoms with Crippen molar-refractivity contribution in [2.24, 2.45) is 0 Å². The molecule has 1 aliphatic rings. The first-order valence-electron chi connectivity index (χ1n) is 10.9. The van der Waals surface area contributed by atoms with E-state index in [0.717, 1.165) is 0 Å². The van der Waals surface area contributed by atoms with Crippen molar-refractivity contribution in [2.75, 3.05) is 22.7 Å². The summed E-state index contributed by atoms with van der Waals surface area (Å²) in [7, 11) is -4.11. The lowest BCUT2D eigenvalue weighted by Crippen LogP contribution is -2.48. The number of aromatic nitrogens is 2. The van der Waals surface area contributed by atoms with Crippen LogP contribution in [-0.2, 0) is 19.6 Å². The molecule has 2 amide bonds. The fraction of sp³-hybridized carbons (Fsp3) is 0.348. The monoisotopic (exact) mass is 501 g/mol. The topological polar surface area (TPSA) is 131 Å². The third kappa shape index (κ3) is 5.32. The Kier molecular flexibility index (Phi) is 6.32. The molecule has 0 saturated heterocycles. The van der Waals surface area contributed by atoms with Crippen molar-refractivity contribution >= 4 is 39.0 Å². The van der Waals surface area contributed by atoms with Gasteiger partial charge in [0.2, 0.25) is 5.91 Å². The van der Waals surface area contributed by atoms with E-state index in [1.165, 1.54) is 27.9 Å². The van der Waals surface area contributed by atoms with Gasteiger partial charge >= 0.3 is 6.09 Å². The van der Waals surface area contributed by atoms with Crippen LogP contribution in [0.4, 0.5) is 16.2 Å². The minimum absolute atomic E-state index is 0.0234. The Labute approximate surface area is 203 Å². The molecule has 3 heterocycles. The Morgan fingerprint density at radius 3 is 2.71 bits per heavy atom. The van der Waals surface area contributed by atoms with Crippen LogP contribution in [-0.4, -0.2) is 54.6 Å². The number of hydrogen-bond donors (Lipinski definition) is 2. The molecule has 12 heteroatoms. The lowest BCUT2D eigenvalue weighted by Gasteiger charge is -2.35. The summed E-state index contributed by atoms with van der Waals surface area (Å²) in [5.41, 5.74) is 0.356. The summed E-state index contributed by atoms with van der Waals surface area (Å²) in [6, 6.07) is 9.84. The SMILES string of the molecule is CC(=O)NC[C@H]1CN(S(=O)(=O)c2cnc3ccccn23)c2cc(NC(=O)OC(C)(C)C)ccc2O1. The standard InChI is InChI=1S/C23H27N5O6S/c1-15(29)24-12-17-14-28(35(31,32)21-13-25-20-7-5-6-10-27(20)21)18-11-16(8-9-19(18)33-17)26-22(30)34-23(2,3)4/h5-11,13,17H,12,14H2,1-4H3,(H,24,29)(H,26,30)/t17-/m0/s1. The molecule has 2 aromatic heterocycles. The van der Waals surface area contributed by atoms with E-state index in [1.54, 1.807) is 57.3 Å². The number of ether oxygens (including phenoxy) is 2. The zero-order valence-corrected chi connectivity index (χ0v) is 20.6. The van der Waals surface area contributed by atoms with Crippen molar-refractivity contribution in [1.29, 1.82) is 0 Å². The molecule has 35 heavy (non-hydrogen) atoms. The molecule has 0 spiro atoms. The van der Waals surface area contributed by atoms with E-state index in [9.17, 15) is 18.0 Å². The normalized spacial score (nSPS) is 15.8. The van der Waals surface area contributed by atoms with Crippen LogP contribution < -0.4 is 19.7 Å². The predicted molar refractivity (Wildman–Crippen MR) is 129 cm³/mol. The van der Waals surface area contributed by atoms with Crippen LogP contribution in [0.25, 0.3) is 5.65 Å². The van der Waals surface area contributed by atoms with Gasteiger partial charge in [-0.3, -0.25) is 18.8 Å². The number of nitrogens with zero attached hydrogens (tertiary/aromatic N) is 3. The summed E-state index contributed by atoms with van der Waals surface area (Å²) in [6.07, 6.45) is 1.61. The molecule has 4 rings (SSSR count). The van der Waals surface area contributed by atoms with Gasteiger partial charge in [-0.15, -0.1) is 0 Å². The number of carbonyl (C=O) groups is 2. The molecular formula is C23H27N5O6S. The summed E-state index contributed by atoms with van der Waals surface area (Å²) in [5, 5.41) is 5.27. The minimum atomic E-state index is -4.11. The van der Waals surface area contributed by atoms with Crippen molar-refractivity contribution in [1.82, 2.24) is 14.7 Å². The maximum atomic E-state index is 13.8. The van der Waals surface area contributed by atoms with Crippen molar-refractivity contribution in [2.45, 2.75) is 44.4 Å². The highest BCUT2D eigenvalue weighted by molar-refractivity contribution is 7.92. The lowest BCUT2D eigenvalue weighted by atomic mass is 10.2. The summed E-state index contributed by atoms with van der Waals surface area (Å²) < 4.78 is 41.6. The van der Waals surface area contributed by atoms with Gasteiger partial charge < -0.3 is 14.8 Å². The molecule has 0 unspecified atom stereocenters.